The fourth-order valence-electron chi connectivity index (χ4n) is 1.70. The first kappa shape index (κ1) is 23.2. The van der Waals surface area contributed by atoms with E-state index >= 15 is 0 Å². The number of hydrogen-bond acceptors (Lipinski definition) is 5. The maximum absolute atomic E-state index is 11.1. The molecule has 0 saturated carbocycles. The molecule has 0 heterocycles. The van der Waals surface area contributed by atoms with Gasteiger partial charge in [0.05, 0.1) is 30.1 Å². The third-order valence-corrected chi connectivity index (χ3v) is 3.50. The van der Waals surface area contributed by atoms with Crippen LogP contribution in [0.4, 0.5) is 0 Å². The summed E-state index contributed by atoms with van der Waals surface area (Å²) in [5.74, 6) is -1.00. The molecule has 0 aliphatic heterocycles. The zero-order chi connectivity index (χ0) is 18.5. The lowest BCUT2D eigenvalue weighted by molar-refractivity contribution is -0.151. The predicted octanol–water partition coefficient (Wildman–Crippen LogP) is 3.67. The molecule has 0 spiro atoms. The average Bonchev–Trinajstić information content (AvgIpc) is 2.47. The first-order chi connectivity index (χ1) is 10.5. The Bertz CT molecular complexity index is 456. The number of hydrogen-bond donors (Lipinski definition) is 1. The highest BCUT2D eigenvalue weighted by Crippen LogP contribution is 2.24. The highest BCUT2D eigenvalue weighted by Gasteiger charge is 2.27. The van der Waals surface area contributed by atoms with Gasteiger partial charge >= 0.3 is 11.9 Å². The number of nitrogens with zero attached hydrogens (tertiary/aromatic N) is 2. The van der Waals surface area contributed by atoms with Gasteiger partial charge in [-0.05, 0) is 53.4 Å². The van der Waals surface area contributed by atoms with E-state index in [2.05, 4.69) is 4.74 Å². The number of carbonyl (C=O) groups is 2. The molecule has 6 heteroatoms. The van der Waals surface area contributed by atoms with Crippen LogP contribution in [0.25, 0.3) is 0 Å². The molecule has 6 nitrogen and oxygen atoms in total. The standard InChI is InChI=1S/C9H15NO2.C8H13NO2/c1-9(2,8(11)12-3)6-4-5-7-10;1-8(2,7(10)11)5-3-4-6-9/h4-6H2,1-3H3;3-5H2,1-2H3,(H,10,11). The molecule has 0 aliphatic carbocycles. The van der Waals surface area contributed by atoms with Crippen molar-refractivity contribution in [1.82, 2.24) is 0 Å². The van der Waals surface area contributed by atoms with Crippen LogP contribution in [0.2, 0.25) is 0 Å². The van der Waals surface area contributed by atoms with Gasteiger partial charge in [-0.3, -0.25) is 9.59 Å². The molecule has 0 fully saturated rings. The monoisotopic (exact) mass is 324 g/mol. The topological polar surface area (TPSA) is 111 Å². The Morgan fingerprint density at radius 3 is 1.65 bits per heavy atom. The maximum Gasteiger partial charge on any atom is 0.311 e. The van der Waals surface area contributed by atoms with Gasteiger partial charge in [-0.2, -0.15) is 10.5 Å². The van der Waals surface area contributed by atoms with E-state index < -0.39 is 16.8 Å². The molecule has 0 aromatic heterocycles. The van der Waals surface area contributed by atoms with Crippen molar-refractivity contribution < 1.29 is 19.4 Å². The number of unbranched alkanes of at least 4 members (excludes halogenated alkanes) is 2. The van der Waals surface area contributed by atoms with Gasteiger partial charge in [0, 0.05) is 12.8 Å². The molecule has 0 radical (unpaired) electrons. The molecular formula is C17H28N2O4. The number of esters is 1. The normalized spacial score (nSPS) is 10.6. The summed E-state index contributed by atoms with van der Waals surface area (Å²) < 4.78 is 4.62. The second-order valence-electron chi connectivity index (χ2n) is 6.59. The third-order valence-electron chi connectivity index (χ3n) is 3.50. The molecule has 0 saturated heterocycles. The van der Waals surface area contributed by atoms with Gasteiger partial charge in [-0.25, -0.2) is 0 Å². The van der Waals surface area contributed by atoms with Crippen molar-refractivity contribution in [2.24, 2.45) is 10.8 Å². The van der Waals surface area contributed by atoms with Crippen molar-refractivity contribution in [3.63, 3.8) is 0 Å². The molecule has 0 bridgehead atoms. The van der Waals surface area contributed by atoms with E-state index in [1.165, 1.54) is 7.11 Å². The molecule has 0 aliphatic rings. The summed E-state index contributed by atoms with van der Waals surface area (Å²) in [6.07, 6.45) is 3.62. The Labute approximate surface area is 139 Å². The minimum atomic E-state index is -0.796. The Kier molecular flexibility index (Phi) is 11.6. The molecule has 23 heavy (non-hydrogen) atoms. The lowest BCUT2D eigenvalue weighted by Gasteiger charge is -2.20. The second-order valence-corrected chi connectivity index (χ2v) is 6.59. The molecule has 0 unspecified atom stereocenters. The summed E-state index contributed by atoms with van der Waals surface area (Å²) in [5.41, 5.74) is -1.14. The van der Waals surface area contributed by atoms with E-state index in [1.54, 1.807) is 13.8 Å². The number of carboxylic acid groups (broad SMARTS) is 1. The van der Waals surface area contributed by atoms with E-state index in [0.717, 1.165) is 6.42 Å². The van der Waals surface area contributed by atoms with Crippen molar-refractivity contribution in [3.8, 4) is 12.1 Å². The van der Waals surface area contributed by atoms with Crippen molar-refractivity contribution in [2.45, 2.75) is 66.2 Å². The number of methoxy groups -OCH3 is 1. The van der Waals surface area contributed by atoms with Gasteiger partial charge < -0.3 is 9.84 Å². The van der Waals surface area contributed by atoms with Gasteiger partial charge in [0.1, 0.15) is 0 Å². The summed E-state index contributed by atoms with van der Waals surface area (Å²) in [6.45, 7) is 7.01. The van der Waals surface area contributed by atoms with Crippen LogP contribution in [0.1, 0.15) is 66.2 Å². The Morgan fingerprint density at radius 2 is 1.35 bits per heavy atom. The third kappa shape index (κ3) is 11.2. The van der Waals surface area contributed by atoms with E-state index in [4.69, 9.17) is 15.6 Å². The molecule has 0 aromatic rings. The lowest BCUT2D eigenvalue weighted by atomic mass is 9.87. The van der Waals surface area contributed by atoms with Gasteiger partial charge in [0.2, 0.25) is 0 Å². The molecule has 1 N–H and O–H groups in total. The van der Waals surface area contributed by atoms with Crippen LogP contribution in [0.5, 0.6) is 0 Å². The van der Waals surface area contributed by atoms with Crippen molar-refractivity contribution in [3.05, 3.63) is 0 Å². The van der Waals surface area contributed by atoms with Crippen LogP contribution >= 0.6 is 0 Å². The number of carboxylic acids is 1. The van der Waals surface area contributed by atoms with Crippen LogP contribution in [0.15, 0.2) is 0 Å². The van der Waals surface area contributed by atoms with Gasteiger partial charge in [-0.1, -0.05) is 0 Å². The van der Waals surface area contributed by atoms with Crippen LogP contribution in [-0.2, 0) is 14.3 Å². The summed E-state index contributed by atoms with van der Waals surface area (Å²) in [5, 5.41) is 25.2. The Hall–Kier alpha value is -2.08. The lowest BCUT2D eigenvalue weighted by Crippen LogP contribution is -2.25. The first-order valence-corrected chi connectivity index (χ1v) is 7.61. The van der Waals surface area contributed by atoms with Gasteiger partial charge in [0.15, 0.2) is 0 Å². The SMILES string of the molecule is CC(C)(CCCC#N)C(=O)O.COC(=O)C(C)(C)CCCC#N. The van der Waals surface area contributed by atoms with E-state index in [9.17, 15) is 9.59 Å². The summed E-state index contributed by atoms with van der Waals surface area (Å²) in [7, 11) is 1.38. The smallest absolute Gasteiger partial charge is 0.311 e. The van der Waals surface area contributed by atoms with E-state index in [1.807, 2.05) is 26.0 Å². The molecule has 0 amide bonds. The zero-order valence-corrected chi connectivity index (χ0v) is 14.8. The zero-order valence-electron chi connectivity index (χ0n) is 14.8. The molecule has 0 rings (SSSR count). The fraction of sp³-hybridized carbons (Fsp3) is 0.765. The number of ether oxygens (including phenoxy) is 1. The Balaban J connectivity index is 0. The van der Waals surface area contributed by atoms with Crippen molar-refractivity contribution >= 4 is 11.9 Å². The van der Waals surface area contributed by atoms with Crippen LogP contribution in [0, 0.1) is 33.5 Å². The van der Waals surface area contributed by atoms with Crippen LogP contribution in [0.3, 0.4) is 0 Å². The summed E-state index contributed by atoms with van der Waals surface area (Å²) >= 11 is 0. The maximum atomic E-state index is 11.1. The quantitative estimate of drug-likeness (QED) is 0.538. The van der Waals surface area contributed by atoms with Crippen LogP contribution < -0.4 is 0 Å². The minimum Gasteiger partial charge on any atom is -0.481 e. The van der Waals surface area contributed by atoms with E-state index in [0.29, 0.717) is 32.1 Å². The summed E-state index contributed by atoms with van der Waals surface area (Å²) in [4.78, 5) is 21.7. The number of carbonyl (C=O) groups excluding carboxylic acids is 1. The highest BCUT2D eigenvalue weighted by atomic mass is 16.5. The number of aliphatic carboxylic acids is 1. The van der Waals surface area contributed by atoms with Crippen LogP contribution in [-0.4, -0.2) is 24.2 Å². The van der Waals surface area contributed by atoms with Gasteiger partial charge in [0.25, 0.3) is 0 Å². The van der Waals surface area contributed by atoms with Gasteiger partial charge in [-0.15, -0.1) is 0 Å². The highest BCUT2D eigenvalue weighted by molar-refractivity contribution is 5.75. The van der Waals surface area contributed by atoms with Crippen molar-refractivity contribution in [1.29, 1.82) is 10.5 Å². The predicted molar refractivity (Wildman–Crippen MR) is 86.1 cm³/mol. The Morgan fingerprint density at radius 1 is 0.957 bits per heavy atom. The minimum absolute atomic E-state index is 0.208. The number of nitriles is 2. The van der Waals surface area contributed by atoms with Crippen molar-refractivity contribution in [2.75, 3.05) is 7.11 Å². The number of rotatable bonds is 8. The molecule has 0 atom stereocenters. The molecular weight excluding hydrogens is 296 g/mol. The second kappa shape index (κ2) is 11.5. The fourth-order valence-corrected chi connectivity index (χ4v) is 1.70. The van der Waals surface area contributed by atoms with E-state index in [-0.39, 0.29) is 5.97 Å². The summed E-state index contributed by atoms with van der Waals surface area (Å²) in [6, 6.07) is 4.03. The molecule has 130 valence electrons. The average molecular weight is 324 g/mol. The molecule has 0 aromatic carbocycles. The first-order valence-electron chi connectivity index (χ1n) is 7.61. The largest absolute Gasteiger partial charge is 0.481 e.